The van der Waals surface area contributed by atoms with Gasteiger partial charge in [0.1, 0.15) is 0 Å². The molecular formula is C16H24N2S. The van der Waals surface area contributed by atoms with E-state index in [-0.39, 0.29) is 0 Å². The van der Waals surface area contributed by atoms with Crippen molar-refractivity contribution in [2.24, 2.45) is 10.9 Å². The number of hydrogen-bond donors (Lipinski definition) is 1. The molecule has 1 N–H and O–H groups in total. The van der Waals surface area contributed by atoms with Gasteiger partial charge in [-0.3, -0.25) is 4.99 Å². The van der Waals surface area contributed by atoms with Crippen LogP contribution in [0.1, 0.15) is 44.4 Å². The van der Waals surface area contributed by atoms with Gasteiger partial charge >= 0.3 is 0 Å². The van der Waals surface area contributed by atoms with E-state index in [2.05, 4.69) is 57.3 Å². The largest absolute Gasteiger partial charge is 0.358 e. The molecule has 2 atom stereocenters. The van der Waals surface area contributed by atoms with Crippen LogP contribution in [0.2, 0.25) is 0 Å². The predicted octanol–water partition coefficient (Wildman–Crippen LogP) is 4.16. The number of thioether (sulfide) groups is 1. The molecule has 0 amide bonds. The van der Waals surface area contributed by atoms with Crippen LogP contribution in [0.25, 0.3) is 0 Å². The number of amidine groups is 1. The smallest absolute Gasteiger partial charge is 0.157 e. The number of nitrogens with zero attached hydrogens (tertiary/aromatic N) is 1. The molecule has 0 aliphatic carbocycles. The third-order valence-corrected chi connectivity index (χ3v) is 4.50. The first kappa shape index (κ1) is 14.4. The highest BCUT2D eigenvalue weighted by molar-refractivity contribution is 8.14. The molecule has 0 saturated carbocycles. The maximum atomic E-state index is 4.79. The Morgan fingerprint density at radius 2 is 2.05 bits per heavy atom. The van der Waals surface area contributed by atoms with E-state index in [0.717, 1.165) is 16.8 Å². The Morgan fingerprint density at radius 1 is 1.32 bits per heavy atom. The van der Waals surface area contributed by atoms with E-state index in [9.17, 15) is 0 Å². The zero-order valence-corrected chi connectivity index (χ0v) is 13.1. The topological polar surface area (TPSA) is 24.4 Å². The summed E-state index contributed by atoms with van der Waals surface area (Å²) in [5.41, 5.74) is 2.70. The molecule has 0 radical (unpaired) electrons. The van der Waals surface area contributed by atoms with Gasteiger partial charge in [-0.25, -0.2) is 0 Å². The molecule has 0 fully saturated rings. The molecule has 0 bridgehead atoms. The average Bonchev–Trinajstić information content (AvgIpc) is 2.76. The van der Waals surface area contributed by atoms with Crippen LogP contribution >= 0.6 is 11.8 Å². The highest BCUT2D eigenvalue weighted by Crippen LogP contribution is 2.24. The zero-order chi connectivity index (χ0) is 13.8. The van der Waals surface area contributed by atoms with Crippen LogP contribution < -0.4 is 5.32 Å². The lowest BCUT2D eigenvalue weighted by Crippen LogP contribution is -2.23. The van der Waals surface area contributed by atoms with E-state index in [4.69, 9.17) is 4.99 Å². The molecule has 19 heavy (non-hydrogen) atoms. The quantitative estimate of drug-likeness (QED) is 0.893. The van der Waals surface area contributed by atoms with E-state index >= 15 is 0 Å². The highest BCUT2D eigenvalue weighted by Gasteiger charge is 2.20. The van der Waals surface area contributed by atoms with Gasteiger partial charge < -0.3 is 5.32 Å². The first-order chi connectivity index (χ1) is 9.06. The van der Waals surface area contributed by atoms with Crippen LogP contribution in [-0.4, -0.2) is 17.0 Å². The Morgan fingerprint density at radius 3 is 2.74 bits per heavy atom. The van der Waals surface area contributed by atoms with Crippen molar-refractivity contribution in [3.8, 4) is 0 Å². The molecule has 104 valence electrons. The third kappa shape index (κ3) is 4.00. The first-order valence-electron chi connectivity index (χ1n) is 7.09. The van der Waals surface area contributed by atoms with Crippen LogP contribution in [0.4, 0.5) is 0 Å². The van der Waals surface area contributed by atoms with Crippen LogP contribution in [0.5, 0.6) is 0 Å². The Hall–Kier alpha value is -0.960. The fourth-order valence-electron chi connectivity index (χ4n) is 2.49. The molecular weight excluding hydrogens is 252 g/mol. The predicted molar refractivity (Wildman–Crippen MR) is 85.9 cm³/mol. The number of rotatable bonds is 4. The van der Waals surface area contributed by atoms with Gasteiger partial charge in [0.05, 0.1) is 12.1 Å². The van der Waals surface area contributed by atoms with Crippen molar-refractivity contribution in [1.29, 1.82) is 0 Å². The molecule has 1 aromatic carbocycles. The molecule has 0 aromatic heterocycles. The average molecular weight is 276 g/mol. The van der Waals surface area contributed by atoms with E-state index in [0.29, 0.717) is 12.1 Å². The second-order valence-electron chi connectivity index (χ2n) is 5.75. The second-order valence-corrected chi connectivity index (χ2v) is 6.76. The highest BCUT2D eigenvalue weighted by atomic mass is 32.2. The summed E-state index contributed by atoms with van der Waals surface area (Å²) in [5.74, 6) is 1.85. The van der Waals surface area contributed by atoms with Crippen molar-refractivity contribution in [3.63, 3.8) is 0 Å². The fraction of sp³-hybridized carbons (Fsp3) is 0.562. The molecule has 0 saturated heterocycles. The van der Waals surface area contributed by atoms with Crippen LogP contribution in [0.15, 0.2) is 29.3 Å². The molecule has 2 nitrogen and oxygen atoms in total. The summed E-state index contributed by atoms with van der Waals surface area (Å²) in [5, 5.41) is 4.66. The third-order valence-electron chi connectivity index (χ3n) is 3.45. The van der Waals surface area contributed by atoms with Gasteiger partial charge in [-0.1, -0.05) is 49.9 Å². The van der Waals surface area contributed by atoms with Crippen molar-refractivity contribution in [3.05, 3.63) is 35.4 Å². The minimum absolute atomic E-state index is 0.324. The van der Waals surface area contributed by atoms with Crippen molar-refractivity contribution < 1.29 is 0 Å². The molecule has 2 unspecified atom stereocenters. The summed E-state index contributed by atoms with van der Waals surface area (Å²) in [7, 11) is 0. The Balaban J connectivity index is 1.97. The lowest BCUT2D eigenvalue weighted by molar-refractivity contribution is 0.528. The molecule has 2 rings (SSSR count). The number of aryl methyl sites for hydroxylation is 1. The summed E-state index contributed by atoms with van der Waals surface area (Å²) >= 11 is 1.86. The second kappa shape index (κ2) is 6.47. The molecule has 1 aliphatic heterocycles. The first-order valence-corrected chi connectivity index (χ1v) is 8.07. The Kier molecular flexibility index (Phi) is 4.92. The zero-order valence-electron chi connectivity index (χ0n) is 12.3. The summed E-state index contributed by atoms with van der Waals surface area (Å²) in [4.78, 5) is 4.79. The van der Waals surface area contributed by atoms with Crippen LogP contribution in [0.3, 0.4) is 0 Å². The minimum Gasteiger partial charge on any atom is -0.358 e. The Labute approximate surface area is 121 Å². The monoisotopic (exact) mass is 276 g/mol. The van der Waals surface area contributed by atoms with Crippen molar-refractivity contribution in [2.75, 3.05) is 5.75 Å². The number of aliphatic imine (C=N–C) groups is 1. The van der Waals surface area contributed by atoms with E-state index in [1.807, 2.05) is 11.8 Å². The van der Waals surface area contributed by atoms with E-state index in [1.54, 1.807) is 0 Å². The SMILES string of the molecule is Cc1ccccc1C(C)NC1=NC(CC(C)C)CS1. The maximum absolute atomic E-state index is 4.79. The van der Waals surface area contributed by atoms with Gasteiger partial charge in [-0.15, -0.1) is 0 Å². The van der Waals surface area contributed by atoms with Crippen LogP contribution in [0, 0.1) is 12.8 Å². The molecule has 1 heterocycles. The Bertz CT molecular complexity index is 454. The fourth-order valence-corrected chi connectivity index (χ4v) is 3.54. The summed E-state index contributed by atoms with van der Waals surface area (Å²) in [6, 6.07) is 9.37. The van der Waals surface area contributed by atoms with Gasteiger partial charge in [-0.2, -0.15) is 0 Å². The molecule has 0 spiro atoms. The number of hydrogen-bond acceptors (Lipinski definition) is 3. The van der Waals surface area contributed by atoms with E-state index in [1.165, 1.54) is 17.5 Å². The maximum Gasteiger partial charge on any atom is 0.157 e. The summed E-state index contributed by atoms with van der Waals surface area (Å²) < 4.78 is 0. The van der Waals surface area contributed by atoms with Gasteiger partial charge in [0.2, 0.25) is 0 Å². The van der Waals surface area contributed by atoms with Gasteiger partial charge in [0.25, 0.3) is 0 Å². The summed E-state index contributed by atoms with van der Waals surface area (Å²) in [6.07, 6.45) is 1.19. The van der Waals surface area contributed by atoms with Gasteiger partial charge in [-0.05, 0) is 37.3 Å². The van der Waals surface area contributed by atoms with Gasteiger partial charge in [0, 0.05) is 5.75 Å². The standard InChI is InChI=1S/C16H24N2S/c1-11(2)9-14-10-19-16(18-14)17-13(4)15-8-6-5-7-12(15)3/h5-8,11,13-14H,9-10H2,1-4H3,(H,17,18). The van der Waals surface area contributed by atoms with Crippen molar-refractivity contribution >= 4 is 16.9 Å². The molecule has 1 aliphatic rings. The van der Waals surface area contributed by atoms with Crippen molar-refractivity contribution in [2.45, 2.75) is 46.2 Å². The molecule has 3 heteroatoms. The van der Waals surface area contributed by atoms with E-state index < -0.39 is 0 Å². The normalized spacial score (nSPS) is 20.5. The number of nitrogens with one attached hydrogen (secondary N) is 1. The minimum atomic E-state index is 0.324. The lowest BCUT2D eigenvalue weighted by Gasteiger charge is -2.17. The van der Waals surface area contributed by atoms with Gasteiger partial charge in [0.15, 0.2) is 5.17 Å². The van der Waals surface area contributed by atoms with Crippen molar-refractivity contribution in [1.82, 2.24) is 5.32 Å². The summed E-state index contributed by atoms with van der Waals surface area (Å²) in [6.45, 7) is 8.91. The lowest BCUT2D eigenvalue weighted by atomic mass is 10.0. The number of benzene rings is 1. The molecule has 1 aromatic rings. The van der Waals surface area contributed by atoms with Crippen LogP contribution in [-0.2, 0) is 0 Å².